The van der Waals surface area contributed by atoms with Crippen molar-refractivity contribution in [2.24, 2.45) is 5.41 Å². The van der Waals surface area contributed by atoms with E-state index in [1.54, 1.807) is 0 Å². The van der Waals surface area contributed by atoms with Crippen LogP contribution in [-0.4, -0.2) is 24.5 Å². The predicted octanol–water partition coefficient (Wildman–Crippen LogP) is 3.07. The summed E-state index contributed by atoms with van der Waals surface area (Å²) in [6.07, 6.45) is 3.25. The predicted molar refractivity (Wildman–Crippen MR) is 96.8 cm³/mol. The van der Waals surface area contributed by atoms with Crippen LogP contribution in [0.3, 0.4) is 0 Å². The van der Waals surface area contributed by atoms with E-state index in [1.807, 2.05) is 38.1 Å². The lowest BCUT2D eigenvalue weighted by molar-refractivity contribution is -0.137. The van der Waals surface area contributed by atoms with Crippen LogP contribution >= 0.6 is 0 Å². The summed E-state index contributed by atoms with van der Waals surface area (Å²) < 4.78 is 11.5. The highest BCUT2D eigenvalue weighted by molar-refractivity contribution is 6.08. The second kappa shape index (κ2) is 6.34. The minimum Gasteiger partial charge on any atom is -0.490 e. The number of carbonyl (C=O) groups is 2. The molecule has 0 radical (unpaired) electrons. The first-order valence-electron chi connectivity index (χ1n) is 9.30. The summed E-state index contributed by atoms with van der Waals surface area (Å²) >= 11 is 0. The molecule has 0 saturated heterocycles. The lowest BCUT2D eigenvalue weighted by Gasteiger charge is -2.18. The van der Waals surface area contributed by atoms with Gasteiger partial charge in [-0.2, -0.15) is 0 Å². The summed E-state index contributed by atoms with van der Waals surface area (Å²) in [5, 5.41) is 6.84. The maximum Gasteiger partial charge on any atom is 0.236 e. The van der Waals surface area contributed by atoms with Crippen molar-refractivity contribution in [2.75, 3.05) is 6.61 Å². The molecule has 0 aliphatic heterocycles. The number of hydrogen-bond donors (Lipinski definition) is 2. The SMILES string of the molecule is CCOc1cccc2cc([C@H](C)NC(=O)C3(C(=O)NC4CC4)CC3)oc12. The molecule has 2 aliphatic rings. The number of benzene rings is 1. The number of furan rings is 1. The second-order valence-corrected chi connectivity index (χ2v) is 7.28. The van der Waals surface area contributed by atoms with Crippen LogP contribution in [0.4, 0.5) is 0 Å². The highest BCUT2D eigenvalue weighted by Gasteiger charge is 2.57. The first-order valence-corrected chi connectivity index (χ1v) is 9.30. The van der Waals surface area contributed by atoms with Gasteiger partial charge >= 0.3 is 0 Å². The summed E-state index contributed by atoms with van der Waals surface area (Å²) in [5.74, 6) is 0.998. The zero-order chi connectivity index (χ0) is 18.3. The van der Waals surface area contributed by atoms with Crippen LogP contribution < -0.4 is 15.4 Å². The van der Waals surface area contributed by atoms with Gasteiger partial charge in [-0.05, 0) is 51.7 Å². The molecule has 138 valence electrons. The zero-order valence-corrected chi connectivity index (χ0v) is 15.1. The van der Waals surface area contributed by atoms with Crippen LogP contribution in [0.1, 0.15) is 51.3 Å². The molecule has 2 aliphatic carbocycles. The molecule has 6 heteroatoms. The second-order valence-electron chi connectivity index (χ2n) is 7.28. The minimum absolute atomic E-state index is 0.132. The summed E-state index contributed by atoms with van der Waals surface area (Å²) in [6, 6.07) is 7.58. The van der Waals surface area contributed by atoms with Crippen LogP contribution in [0.25, 0.3) is 11.0 Å². The van der Waals surface area contributed by atoms with Gasteiger partial charge in [-0.15, -0.1) is 0 Å². The van der Waals surface area contributed by atoms with Crippen molar-refractivity contribution in [1.82, 2.24) is 10.6 Å². The Morgan fingerprint density at radius 2 is 2.08 bits per heavy atom. The summed E-state index contributed by atoms with van der Waals surface area (Å²) in [6.45, 7) is 4.35. The van der Waals surface area contributed by atoms with Crippen molar-refractivity contribution in [3.8, 4) is 5.75 Å². The monoisotopic (exact) mass is 356 g/mol. The molecular weight excluding hydrogens is 332 g/mol. The third kappa shape index (κ3) is 3.04. The molecule has 2 fully saturated rings. The molecule has 4 rings (SSSR count). The fourth-order valence-corrected chi connectivity index (χ4v) is 3.18. The van der Waals surface area contributed by atoms with Gasteiger partial charge in [-0.1, -0.05) is 12.1 Å². The first-order chi connectivity index (χ1) is 12.5. The van der Waals surface area contributed by atoms with Crippen LogP contribution in [0.2, 0.25) is 0 Å². The van der Waals surface area contributed by atoms with Gasteiger partial charge in [0.1, 0.15) is 11.2 Å². The molecule has 1 aromatic carbocycles. The molecular formula is C20H24N2O4. The Labute approximate surface area is 152 Å². The van der Waals surface area contributed by atoms with Crippen molar-refractivity contribution in [1.29, 1.82) is 0 Å². The number of hydrogen-bond acceptors (Lipinski definition) is 4. The Hall–Kier alpha value is -2.50. The van der Waals surface area contributed by atoms with Gasteiger partial charge in [0.2, 0.25) is 11.8 Å². The molecule has 26 heavy (non-hydrogen) atoms. The highest BCUT2D eigenvalue weighted by atomic mass is 16.5. The molecule has 0 spiro atoms. The molecule has 1 heterocycles. The topological polar surface area (TPSA) is 80.6 Å². The Morgan fingerprint density at radius 1 is 1.31 bits per heavy atom. The van der Waals surface area contributed by atoms with E-state index in [0.29, 0.717) is 36.5 Å². The standard InChI is InChI=1S/C20H24N2O4/c1-3-25-15-6-4-5-13-11-16(26-17(13)15)12(2)21-18(23)20(9-10-20)19(24)22-14-7-8-14/h4-6,11-12,14H,3,7-10H2,1-2H3,(H,21,23)(H,22,24)/t12-/m0/s1. The zero-order valence-electron chi connectivity index (χ0n) is 15.1. The van der Waals surface area contributed by atoms with E-state index in [-0.39, 0.29) is 23.9 Å². The van der Waals surface area contributed by atoms with Gasteiger partial charge < -0.3 is 19.8 Å². The number of carbonyl (C=O) groups excluding carboxylic acids is 2. The average Bonchev–Trinajstić information content (AvgIpc) is 3.53. The molecule has 2 amide bonds. The number of amides is 2. The van der Waals surface area contributed by atoms with Crippen LogP contribution in [-0.2, 0) is 9.59 Å². The molecule has 2 N–H and O–H groups in total. The number of ether oxygens (including phenoxy) is 1. The molecule has 1 atom stereocenters. The summed E-state index contributed by atoms with van der Waals surface area (Å²) in [4.78, 5) is 25.1. The Kier molecular flexibility index (Phi) is 4.13. The number of para-hydroxylation sites is 1. The third-order valence-electron chi connectivity index (χ3n) is 5.13. The minimum atomic E-state index is -0.890. The van der Waals surface area contributed by atoms with E-state index in [9.17, 15) is 9.59 Å². The van der Waals surface area contributed by atoms with Gasteiger partial charge in [0.05, 0.1) is 12.6 Å². The number of nitrogens with one attached hydrogen (secondary N) is 2. The lowest BCUT2D eigenvalue weighted by atomic mass is 10.0. The van der Waals surface area contributed by atoms with E-state index < -0.39 is 5.41 Å². The van der Waals surface area contributed by atoms with E-state index >= 15 is 0 Å². The van der Waals surface area contributed by atoms with Crippen LogP contribution in [0, 0.1) is 5.41 Å². The van der Waals surface area contributed by atoms with E-state index in [2.05, 4.69) is 10.6 Å². The normalized spacial score (nSPS) is 19.0. The van der Waals surface area contributed by atoms with Gasteiger partial charge in [0.25, 0.3) is 0 Å². The Balaban J connectivity index is 1.48. The van der Waals surface area contributed by atoms with Crippen LogP contribution in [0.15, 0.2) is 28.7 Å². The molecule has 2 aromatic rings. The number of rotatable bonds is 7. The molecule has 6 nitrogen and oxygen atoms in total. The molecule has 0 bridgehead atoms. The van der Waals surface area contributed by atoms with Gasteiger partial charge in [-0.25, -0.2) is 0 Å². The fraction of sp³-hybridized carbons (Fsp3) is 0.500. The quantitative estimate of drug-likeness (QED) is 0.747. The number of fused-ring (bicyclic) bond motifs is 1. The summed E-state index contributed by atoms with van der Waals surface area (Å²) in [5.41, 5.74) is -0.211. The average molecular weight is 356 g/mol. The van der Waals surface area contributed by atoms with Gasteiger partial charge in [0.15, 0.2) is 11.3 Å². The van der Waals surface area contributed by atoms with Crippen molar-refractivity contribution in [3.63, 3.8) is 0 Å². The Bertz CT molecular complexity index is 849. The van der Waals surface area contributed by atoms with E-state index in [1.165, 1.54) is 0 Å². The maximum absolute atomic E-state index is 12.7. The smallest absolute Gasteiger partial charge is 0.236 e. The largest absolute Gasteiger partial charge is 0.490 e. The van der Waals surface area contributed by atoms with E-state index in [0.717, 1.165) is 18.2 Å². The fourth-order valence-electron chi connectivity index (χ4n) is 3.18. The molecule has 1 aromatic heterocycles. The lowest BCUT2D eigenvalue weighted by Crippen LogP contribution is -2.44. The van der Waals surface area contributed by atoms with E-state index in [4.69, 9.17) is 9.15 Å². The Morgan fingerprint density at radius 3 is 2.73 bits per heavy atom. The van der Waals surface area contributed by atoms with Crippen molar-refractivity contribution in [3.05, 3.63) is 30.0 Å². The highest BCUT2D eigenvalue weighted by Crippen LogP contribution is 2.47. The summed E-state index contributed by atoms with van der Waals surface area (Å²) in [7, 11) is 0. The first kappa shape index (κ1) is 16.9. The molecule has 0 unspecified atom stereocenters. The third-order valence-corrected chi connectivity index (χ3v) is 5.13. The molecule has 2 saturated carbocycles. The van der Waals surface area contributed by atoms with Gasteiger partial charge in [-0.3, -0.25) is 9.59 Å². The van der Waals surface area contributed by atoms with Crippen molar-refractivity contribution in [2.45, 2.75) is 51.6 Å². The van der Waals surface area contributed by atoms with Crippen molar-refractivity contribution < 1.29 is 18.7 Å². The van der Waals surface area contributed by atoms with Gasteiger partial charge in [0, 0.05) is 11.4 Å². The van der Waals surface area contributed by atoms with Crippen LogP contribution in [0.5, 0.6) is 5.75 Å². The van der Waals surface area contributed by atoms with Crippen molar-refractivity contribution >= 4 is 22.8 Å². The maximum atomic E-state index is 12.7.